The average Bonchev–Trinajstić information content (AvgIpc) is 2.73. The van der Waals surface area contributed by atoms with Gasteiger partial charge in [0.05, 0.1) is 18.2 Å². The number of anilines is 1. The van der Waals surface area contributed by atoms with E-state index in [1.807, 2.05) is 61.2 Å². The summed E-state index contributed by atoms with van der Waals surface area (Å²) in [6, 6.07) is 16.7. The first kappa shape index (κ1) is 21.3. The van der Waals surface area contributed by atoms with E-state index < -0.39 is 12.0 Å². The van der Waals surface area contributed by atoms with E-state index in [-0.39, 0.29) is 13.2 Å². The SMILES string of the molecule is CCOC(=O)C1=C(C)N(c2ccc(C)cc2)C(=S)N[C@@H]1c1ccc(OCC#N)cc1. The van der Waals surface area contributed by atoms with Crippen LogP contribution >= 0.6 is 12.2 Å². The molecule has 3 rings (SSSR count). The van der Waals surface area contributed by atoms with Crippen LogP contribution in [0.5, 0.6) is 5.75 Å². The van der Waals surface area contributed by atoms with Gasteiger partial charge in [-0.1, -0.05) is 29.8 Å². The number of nitrogens with zero attached hydrogens (tertiary/aromatic N) is 2. The Bertz CT molecular complexity index is 1010. The number of nitrogens with one attached hydrogen (secondary N) is 1. The Morgan fingerprint density at radius 2 is 1.83 bits per heavy atom. The normalized spacial score (nSPS) is 16.0. The van der Waals surface area contributed by atoms with Crippen LogP contribution in [-0.2, 0) is 9.53 Å². The van der Waals surface area contributed by atoms with Gasteiger partial charge in [0, 0.05) is 11.4 Å². The Kier molecular flexibility index (Phi) is 6.70. The zero-order valence-electron chi connectivity index (χ0n) is 17.1. The van der Waals surface area contributed by atoms with Crippen LogP contribution in [0.15, 0.2) is 59.8 Å². The smallest absolute Gasteiger partial charge is 0.338 e. The second-order valence-corrected chi connectivity index (χ2v) is 7.18. The lowest BCUT2D eigenvalue weighted by Crippen LogP contribution is -2.48. The summed E-state index contributed by atoms with van der Waals surface area (Å²) in [4.78, 5) is 14.7. The van der Waals surface area contributed by atoms with Crippen LogP contribution < -0.4 is 15.0 Å². The second kappa shape index (κ2) is 9.42. The number of benzene rings is 2. The van der Waals surface area contributed by atoms with Gasteiger partial charge in [0.25, 0.3) is 0 Å². The molecule has 1 aliphatic heterocycles. The van der Waals surface area contributed by atoms with Crippen LogP contribution in [-0.4, -0.2) is 24.3 Å². The van der Waals surface area contributed by atoms with E-state index in [1.165, 1.54) is 0 Å². The first-order valence-corrected chi connectivity index (χ1v) is 10.0. The maximum absolute atomic E-state index is 12.9. The fourth-order valence-electron chi connectivity index (χ4n) is 3.34. The molecular weight excluding hydrogens is 398 g/mol. The molecule has 7 heteroatoms. The minimum atomic E-state index is -0.455. The maximum Gasteiger partial charge on any atom is 0.338 e. The van der Waals surface area contributed by atoms with Gasteiger partial charge in [0.2, 0.25) is 0 Å². The number of thiocarbonyl (C=S) groups is 1. The van der Waals surface area contributed by atoms with Gasteiger partial charge in [-0.15, -0.1) is 0 Å². The van der Waals surface area contributed by atoms with Crippen LogP contribution in [0, 0.1) is 18.3 Å². The number of carbonyl (C=O) groups excluding carboxylic acids is 1. The lowest BCUT2D eigenvalue weighted by atomic mass is 9.94. The second-order valence-electron chi connectivity index (χ2n) is 6.79. The topological polar surface area (TPSA) is 74.6 Å². The Balaban J connectivity index is 2.03. The van der Waals surface area contributed by atoms with Crippen molar-refractivity contribution in [3.63, 3.8) is 0 Å². The zero-order valence-corrected chi connectivity index (χ0v) is 18.0. The van der Waals surface area contributed by atoms with E-state index in [2.05, 4.69) is 5.32 Å². The van der Waals surface area contributed by atoms with Crippen molar-refractivity contribution in [3.05, 3.63) is 70.9 Å². The Labute approximate surface area is 181 Å². The van der Waals surface area contributed by atoms with E-state index >= 15 is 0 Å². The number of nitriles is 1. The van der Waals surface area contributed by atoms with Crippen molar-refractivity contribution in [2.24, 2.45) is 0 Å². The van der Waals surface area contributed by atoms with Gasteiger partial charge in [0.1, 0.15) is 11.8 Å². The number of rotatable bonds is 6. The molecule has 30 heavy (non-hydrogen) atoms. The van der Waals surface area contributed by atoms with Gasteiger partial charge in [-0.05, 0) is 62.8 Å². The molecule has 1 aliphatic rings. The van der Waals surface area contributed by atoms with Gasteiger partial charge in [-0.2, -0.15) is 5.26 Å². The molecule has 0 radical (unpaired) electrons. The zero-order chi connectivity index (χ0) is 21.7. The molecule has 1 heterocycles. The van der Waals surface area contributed by atoms with Crippen molar-refractivity contribution >= 4 is 29.0 Å². The lowest BCUT2D eigenvalue weighted by Gasteiger charge is -2.37. The molecular formula is C23H23N3O3S. The van der Waals surface area contributed by atoms with Gasteiger partial charge in [-0.25, -0.2) is 4.79 Å². The first-order valence-electron chi connectivity index (χ1n) is 9.61. The Morgan fingerprint density at radius 1 is 1.17 bits per heavy atom. The Hall–Kier alpha value is -3.37. The predicted octanol–water partition coefficient (Wildman–Crippen LogP) is 4.17. The molecule has 0 aliphatic carbocycles. The third-order valence-electron chi connectivity index (χ3n) is 4.79. The summed E-state index contributed by atoms with van der Waals surface area (Å²) < 4.78 is 10.7. The molecule has 2 aromatic carbocycles. The standard InChI is InChI=1S/C23H23N3O3S/c1-4-28-22(27)20-16(3)26(18-9-5-15(2)6-10-18)23(30)25-21(20)17-7-11-19(12-8-17)29-14-13-24/h5-12,21H,4,14H2,1-3H3,(H,25,30)/t21-/m1/s1. The van der Waals surface area contributed by atoms with E-state index in [9.17, 15) is 4.79 Å². The molecule has 1 N–H and O–H groups in total. The highest BCUT2D eigenvalue weighted by atomic mass is 32.1. The summed E-state index contributed by atoms with van der Waals surface area (Å²) in [5, 5.41) is 12.4. The van der Waals surface area contributed by atoms with Crippen molar-refractivity contribution in [1.29, 1.82) is 5.26 Å². The molecule has 1 atom stereocenters. The quantitative estimate of drug-likeness (QED) is 0.554. The molecule has 0 saturated heterocycles. The molecule has 0 aromatic heterocycles. The molecule has 2 aromatic rings. The van der Waals surface area contributed by atoms with Gasteiger partial charge < -0.3 is 14.8 Å². The summed E-state index contributed by atoms with van der Waals surface area (Å²) in [5.74, 6) is 0.190. The minimum absolute atomic E-state index is 0.0241. The largest absolute Gasteiger partial charge is 0.479 e. The van der Waals surface area contributed by atoms with E-state index in [1.54, 1.807) is 19.1 Å². The van der Waals surface area contributed by atoms with Gasteiger partial charge >= 0.3 is 5.97 Å². The van der Waals surface area contributed by atoms with Crippen LogP contribution in [0.1, 0.15) is 31.0 Å². The molecule has 0 saturated carbocycles. The number of carbonyl (C=O) groups is 1. The molecule has 0 fully saturated rings. The highest BCUT2D eigenvalue weighted by Gasteiger charge is 2.35. The van der Waals surface area contributed by atoms with E-state index in [0.29, 0.717) is 16.4 Å². The van der Waals surface area contributed by atoms with E-state index in [0.717, 1.165) is 22.5 Å². The summed E-state index contributed by atoms with van der Waals surface area (Å²) in [5.41, 5.74) is 4.06. The molecule has 0 amide bonds. The van der Waals surface area contributed by atoms with Crippen LogP contribution in [0.3, 0.4) is 0 Å². The van der Waals surface area contributed by atoms with Crippen molar-refractivity contribution in [3.8, 4) is 11.8 Å². The molecule has 0 bridgehead atoms. The third kappa shape index (κ3) is 4.44. The van der Waals surface area contributed by atoms with Crippen LogP contribution in [0.4, 0.5) is 5.69 Å². The van der Waals surface area contributed by atoms with Crippen molar-refractivity contribution in [1.82, 2.24) is 5.32 Å². The summed E-state index contributed by atoms with van der Waals surface area (Å²) in [6.07, 6.45) is 0. The fraction of sp³-hybridized carbons (Fsp3) is 0.261. The molecule has 0 unspecified atom stereocenters. The van der Waals surface area contributed by atoms with Gasteiger partial charge in [-0.3, -0.25) is 4.90 Å². The minimum Gasteiger partial charge on any atom is -0.479 e. The number of hydrogen-bond donors (Lipinski definition) is 1. The molecule has 154 valence electrons. The number of allylic oxidation sites excluding steroid dienone is 1. The predicted molar refractivity (Wildman–Crippen MR) is 119 cm³/mol. The average molecular weight is 422 g/mol. The molecule has 6 nitrogen and oxygen atoms in total. The fourth-order valence-corrected chi connectivity index (χ4v) is 3.70. The van der Waals surface area contributed by atoms with Crippen molar-refractivity contribution < 1.29 is 14.3 Å². The lowest BCUT2D eigenvalue weighted by molar-refractivity contribution is -0.139. The number of hydrogen-bond acceptors (Lipinski definition) is 5. The molecule has 0 spiro atoms. The van der Waals surface area contributed by atoms with Crippen molar-refractivity contribution in [2.75, 3.05) is 18.1 Å². The highest BCUT2D eigenvalue weighted by Crippen LogP contribution is 2.34. The van der Waals surface area contributed by atoms with Crippen LogP contribution in [0.25, 0.3) is 0 Å². The third-order valence-corrected chi connectivity index (χ3v) is 5.09. The summed E-state index contributed by atoms with van der Waals surface area (Å²) in [7, 11) is 0. The number of esters is 1. The van der Waals surface area contributed by atoms with E-state index in [4.69, 9.17) is 27.0 Å². The summed E-state index contributed by atoms with van der Waals surface area (Å²) in [6.45, 7) is 5.92. The highest BCUT2D eigenvalue weighted by molar-refractivity contribution is 7.80. The Morgan fingerprint density at radius 3 is 2.43 bits per heavy atom. The summed E-state index contributed by atoms with van der Waals surface area (Å²) >= 11 is 5.65. The number of aryl methyl sites for hydroxylation is 1. The van der Waals surface area contributed by atoms with Crippen molar-refractivity contribution in [2.45, 2.75) is 26.8 Å². The van der Waals surface area contributed by atoms with Crippen LogP contribution in [0.2, 0.25) is 0 Å². The number of ether oxygens (including phenoxy) is 2. The first-order chi connectivity index (χ1) is 14.5. The monoisotopic (exact) mass is 421 g/mol. The van der Waals surface area contributed by atoms with Gasteiger partial charge in [0.15, 0.2) is 11.7 Å². The maximum atomic E-state index is 12.9.